The topological polar surface area (TPSA) is 91.6 Å². The Morgan fingerprint density at radius 2 is 2.15 bits per heavy atom. The van der Waals surface area contributed by atoms with E-state index >= 15 is 0 Å². The van der Waals surface area contributed by atoms with Crippen LogP contribution in [-0.4, -0.2) is 37.2 Å². The Labute approximate surface area is 159 Å². The highest BCUT2D eigenvalue weighted by Gasteiger charge is 2.25. The molecule has 1 aromatic carbocycles. The Morgan fingerprint density at radius 1 is 1.37 bits per heavy atom. The molecule has 1 aliphatic heterocycles. The molecule has 0 radical (unpaired) electrons. The number of carbonyl (C=O) groups is 1. The van der Waals surface area contributed by atoms with Crippen LogP contribution in [-0.2, 0) is 4.79 Å². The molecular weight excluding hydrogens is 342 g/mol. The number of hydrogen-bond acceptors (Lipinski definition) is 4. The Bertz CT molecular complexity index is 823. The summed E-state index contributed by atoms with van der Waals surface area (Å²) in [7, 11) is 1.75. The molecule has 0 spiro atoms. The molecule has 0 saturated heterocycles. The number of aliphatic imine (C=N–C) groups is 1. The number of para-hydroxylation sites is 1. The maximum absolute atomic E-state index is 12.0. The third-order valence-corrected chi connectivity index (χ3v) is 5.00. The molecular formula is C20H27N5O2. The highest BCUT2D eigenvalue weighted by atomic mass is 16.5. The number of nitrogens with one attached hydrogen (secondary N) is 3. The number of aromatic nitrogens is 1. The van der Waals surface area contributed by atoms with Crippen LogP contribution < -0.4 is 16.0 Å². The monoisotopic (exact) mass is 369 g/mol. The van der Waals surface area contributed by atoms with Gasteiger partial charge in [-0.1, -0.05) is 30.3 Å². The van der Waals surface area contributed by atoms with Crippen LogP contribution in [0.15, 0.2) is 33.8 Å². The first kappa shape index (κ1) is 18.9. The van der Waals surface area contributed by atoms with Crippen LogP contribution in [0, 0.1) is 13.8 Å². The van der Waals surface area contributed by atoms with Crippen LogP contribution in [0.3, 0.4) is 0 Å². The highest BCUT2D eigenvalue weighted by molar-refractivity contribution is 5.94. The number of aryl methyl sites for hydroxylation is 2. The predicted molar refractivity (Wildman–Crippen MR) is 106 cm³/mol. The van der Waals surface area contributed by atoms with E-state index in [9.17, 15) is 4.79 Å². The highest BCUT2D eigenvalue weighted by Crippen LogP contribution is 2.31. The number of anilines is 1. The lowest BCUT2D eigenvalue weighted by Crippen LogP contribution is -2.42. The van der Waals surface area contributed by atoms with Crippen LogP contribution in [0.1, 0.15) is 47.8 Å². The lowest BCUT2D eigenvalue weighted by molar-refractivity contribution is -0.116. The van der Waals surface area contributed by atoms with E-state index in [4.69, 9.17) is 4.52 Å². The van der Waals surface area contributed by atoms with Gasteiger partial charge in [-0.05, 0) is 25.5 Å². The molecule has 7 heteroatoms. The molecule has 3 N–H and O–H groups in total. The van der Waals surface area contributed by atoms with Gasteiger partial charge < -0.3 is 20.5 Å². The summed E-state index contributed by atoms with van der Waals surface area (Å²) in [6.45, 7) is 7.38. The van der Waals surface area contributed by atoms with Crippen molar-refractivity contribution < 1.29 is 9.32 Å². The number of benzene rings is 1. The van der Waals surface area contributed by atoms with Gasteiger partial charge in [0, 0.05) is 49.6 Å². The van der Waals surface area contributed by atoms with Crippen molar-refractivity contribution in [3.05, 3.63) is 46.8 Å². The van der Waals surface area contributed by atoms with Crippen LogP contribution in [0.4, 0.5) is 5.69 Å². The van der Waals surface area contributed by atoms with Gasteiger partial charge in [-0.2, -0.15) is 0 Å². The predicted octanol–water partition coefficient (Wildman–Crippen LogP) is 2.69. The summed E-state index contributed by atoms with van der Waals surface area (Å²) in [5, 5.41) is 13.7. The molecule has 2 heterocycles. The van der Waals surface area contributed by atoms with Crippen LogP contribution >= 0.6 is 0 Å². The fourth-order valence-electron chi connectivity index (χ4n) is 3.67. The smallest absolute Gasteiger partial charge is 0.225 e. The molecule has 2 atom stereocenters. The van der Waals surface area contributed by atoms with Crippen molar-refractivity contribution >= 4 is 17.6 Å². The number of rotatable bonds is 5. The summed E-state index contributed by atoms with van der Waals surface area (Å²) in [6.07, 6.45) is 0.469. The second-order valence-electron chi connectivity index (χ2n) is 7.01. The zero-order valence-electron chi connectivity index (χ0n) is 16.3. The maximum Gasteiger partial charge on any atom is 0.225 e. The van der Waals surface area contributed by atoms with Crippen molar-refractivity contribution in [1.29, 1.82) is 0 Å². The molecule has 0 bridgehead atoms. The van der Waals surface area contributed by atoms with Gasteiger partial charge in [0.15, 0.2) is 5.96 Å². The van der Waals surface area contributed by atoms with Gasteiger partial charge in [0.05, 0.1) is 5.69 Å². The molecule has 7 nitrogen and oxygen atoms in total. The minimum Gasteiger partial charge on any atom is -0.361 e. The van der Waals surface area contributed by atoms with Gasteiger partial charge in [0.2, 0.25) is 5.91 Å². The van der Waals surface area contributed by atoms with Crippen LogP contribution in [0.2, 0.25) is 0 Å². The molecule has 1 aromatic heterocycles. The van der Waals surface area contributed by atoms with Crippen molar-refractivity contribution in [2.75, 3.05) is 25.5 Å². The van der Waals surface area contributed by atoms with Crippen molar-refractivity contribution in [2.45, 2.75) is 39.0 Å². The lowest BCUT2D eigenvalue weighted by atomic mass is 9.90. The fraction of sp³-hybridized carbons (Fsp3) is 0.450. The van der Waals surface area contributed by atoms with Crippen molar-refractivity contribution in [1.82, 2.24) is 15.8 Å². The molecule has 3 rings (SSSR count). The standard InChI is InChI=1S/C20H27N5O2/c1-12(19-13(2)25-27-14(19)3)10-22-20(21-4)23-11-15-9-18(26)24-17-8-6-5-7-16(15)17/h5-8,12,15H,9-11H2,1-4H3,(H,24,26)(H2,21,22,23). The van der Waals surface area contributed by atoms with Crippen molar-refractivity contribution in [3.8, 4) is 0 Å². The van der Waals surface area contributed by atoms with E-state index < -0.39 is 0 Å². The van der Waals surface area contributed by atoms with Gasteiger partial charge in [-0.15, -0.1) is 0 Å². The summed E-state index contributed by atoms with van der Waals surface area (Å²) in [5.74, 6) is 1.99. The van der Waals surface area contributed by atoms with Crippen LogP contribution in [0.25, 0.3) is 0 Å². The Hall–Kier alpha value is -2.83. The minimum atomic E-state index is 0.0514. The first-order valence-electron chi connectivity index (χ1n) is 9.25. The van der Waals surface area contributed by atoms with Crippen molar-refractivity contribution in [3.63, 3.8) is 0 Å². The summed E-state index contributed by atoms with van der Waals surface area (Å²) >= 11 is 0. The van der Waals surface area contributed by atoms with E-state index in [0.717, 1.165) is 34.2 Å². The number of hydrogen-bond donors (Lipinski definition) is 3. The zero-order valence-corrected chi connectivity index (χ0v) is 16.3. The van der Waals surface area contributed by atoms with Gasteiger partial charge in [0.25, 0.3) is 0 Å². The lowest BCUT2D eigenvalue weighted by Gasteiger charge is -2.26. The van der Waals surface area contributed by atoms with Gasteiger partial charge in [-0.3, -0.25) is 9.79 Å². The molecule has 0 aliphatic carbocycles. The van der Waals surface area contributed by atoms with E-state index in [0.29, 0.717) is 19.5 Å². The molecule has 2 unspecified atom stereocenters. The largest absolute Gasteiger partial charge is 0.361 e. The maximum atomic E-state index is 12.0. The Morgan fingerprint density at radius 3 is 2.85 bits per heavy atom. The molecule has 0 saturated carbocycles. The summed E-state index contributed by atoms with van der Waals surface area (Å²) < 4.78 is 5.26. The second kappa shape index (κ2) is 8.24. The Balaban J connectivity index is 1.58. The van der Waals surface area contributed by atoms with Crippen LogP contribution in [0.5, 0.6) is 0 Å². The van der Waals surface area contributed by atoms with Gasteiger partial charge >= 0.3 is 0 Å². The molecule has 1 amide bonds. The summed E-state index contributed by atoms with van der Waals surface area (Å²) in [4.78, 5) is 16.3. The fourth-order valence-corrected chi connectivity index (χ4v) is 3.67. The van der Waals surface area contributed by atoms with E-state index in [-0.39, 0.29) is 17.7 Å². The average Bonchev–Trinajstić information content (AvgIpc) is 2.99. The third-order valence-electron chi connectivity index (χ3n) is 5.00. The minimum absolute atomic E-state index is 0.0514. The summed E-state index contributed by atoms with van der Waals surface area (Å²) in [5.41, 5.74) is 4.12. The number of nitrogens with zero attached hydrogens (tertiary/aromatic N) is 2. The Kier molecular flexibility index (Phi) is 5.78. The number of amides is 1. The third kappa shape index (κ3) is 4.30. The molecule has 0 fully saturated rings. The molecule has 1 aliphatic rings. The van der Waals surface area contributed by atoms with Gasteiger partial charge in [0.1, 0.15) is 5.76 Å². The molecule has 144 valence electrons. The van der Waals surface area contributed by atoms with E-state index in [2.05, 4.69) is 39.1 Å². The number of guanidine groups is 1. The summed E-state index contributed by atoms with van der Waals surface area (Å²) in [6, 6.07) is 7.95. The first-order valence-corrected chi connectivity index (χ1v) is 9.25. The van der Waals surface area contributed by atoms with E-state index in [1.165, 1.54) is 0 Å². The second-order valence-corrected chi connectivity index (χ2v) is 7.01. The first-order chi connectivity index (χ1) is 13.0. The van der Waals surface area contributed by atoms with E-state index in [1.54, 1.807) is 7.05 Å². The zero-order chi connectivity index (χ0) is 19.4. The van der Waals surface area contributed by atoms with Gasteiger partial charge in [-0.25, -0.2) is 0 Å². The molecule has 2 aromatic rings. The SMILES string of the molecule is CN=C(NCC(C)c1c(C)noc1C)NCC1CC(=O)Nc2ccccc21. The number of fused-ring (bicyclic) bond motifs is 1. The van der Waals surface area contributed by atoms with E-state index in [1.807, 2.05) is 32.0 Å². The average molecular weight is 369 g/mol. The quantitative estimate of drug-likeness (QED) is 0.557. The van der Waals surface area contributed by atoms with Crippen molar-refractivity contribution in [2.24, 2.45) is 4.99 Å². The normalized spacial score (nSPS) is 17.9. The molecule has 27 heavy (non-hydrogen) atoms. The number of carbonyl (C=O) groups excluding carboxylic acids is 1.